The van der Waals surface area contributed by atoms with Crippen molar-refractivity contribution in [2.45, 2.75) is 79.1 Å². The highest BCUT2D eigenvalue weighted by molar-refractivity contribution is 7.58. The maximum absolute atomic E-state index is 13.3. The van der Waals surface area contributed by atoms with Crippen molar-refractivity contribution in [2.24, 2.45) is 10.8 Å². The molecule has 2 atom stereocenters. The summed E-state index contributed by atoms with van der Waals surface area (Å²) in [5, 5.41) is 19.8. The molecule has 0 amide bonds. The molecule has 1 aromatic carbocycles. The zero-order chi connectivity index (χ0) is 29.9. The molecular weight excluding hydrogens is 558 g/mol. The molecule has 10 nitrogen and oxygen atoms in total. The lowest BCUT2D eigenvalue weighted by atomic mass is 9.93. The van der Waals surface area contributed by atoms with Gasteiger partial charge >= 0.3 is 27.1 Å². The van der Waals surface area contributed by atoms with E-state index in [0.717, 1.165) is 0 Å². The summed E-state index contributed by atoms with van der Waals surface area (Å²) in [6, 6.07) is 5.23. The first-order valence-corrected chi connectivity index (χ1v) is 16.9. The van der Waals surface area contributed by atoms with Crippen LogP contribution in [0.4, 0.5) is 0 Å². The van der Waals surface area contributed by atoms with Gasteiger partial charge in [-0.15, -0.1) is 0 Å². The van der Waals surface area contributed by atoms with E-state index >= 15 is 0 Å². The summed E-state index contributed by atoms with van der Waals surface area (Å²) in [7, 11) is -9.36. The number of rotatable bonds is 14. The normalized spacial score (nSPS) is 21.2. The van der Waals surface area contributed by atoms with Gasteiger partial charge in [-0.3, -0.25) is 0 Å². The number of carbonyl (C=O) groups is 2. The van der Waals surface area contributed by atoms with Crippen molar-refractivity contribution in [3.05, 3.63) is 57.2 Å². The Morgan fingerprint density at radius 1 is 0.700 bits per heavy atom. The van der Waals surface area contributed by atoms with Crippen molar-refractivity contribution in [1.82, 2.24) is 0 Å². The van der Waals surface area contributed by atoms with Crippen LogP contribution in [-0.2, 0) is 18.2 Å². The zero-order valence-corrected chi connectivity index (χ0v) is 25.3. The Bertz CT molecular complexity index is 1200. The van der Waals surface area contributed by atoms with Crippen LogP contribution in [0.1, 0.15) is 99.8 Å². The molecule has 0 aliphatic heterocycles. The van der Waals surface area contributed by atoms with Crippen LogP contribution in [0.3, 0.4) is 0 Å². The van der Waals surface area contributed by atoms with Crippen LogP contribution in [0.2, 0.25) is 0 Å². The maximum atomic E-state index is 13.3. The van der Waals surface area contributed by atoms with Crippen molar-refractivity contribution >= 4 is 27.1 Å². The first-order chi connectivity index (χ1) is 18.8. The Balaban J connectivity index is 1.92. The van der Waals surface area contributed by atoms with E-state index in [0.29, 0.717) is 49.7 Å². The van der Waals surface area contributed by atoms with E-state index in [1.54, 1.807) is 27.7 Å². The first kappa shape index (κ1) is 32.5. The summed E-state index contributed by atoms with van der Waals surface area (Å²) in [5.74, 6) is -2.53. The summed E-state index contributed by atoms with van der Waals surface area (Å²) in [6.07, 6.45) is 3.66. The second-order valence-corrected chi connectivity index (χ2v) is 14.0. The van der Waals surface area contributed by atoms with E-state index in [-0.39, 0.29) is 36.7 Å². The molecule has 2 aliphatic carbocycles. The van der Waals surface area contributed by atoms with E-state index in [2.05, 4.69) is 0 Å². The van der Waals surface area contributed by atoms with Crippen LogP contribution >= 0.6 is 15.2 Å². The molecule has 0 radical (unpaired) electrons. The van der Waals surface area contributed by atoms with Crippen molar-refractivity contribution in [3.8, 4) is 0 Å². The number of aliphatic hydroxyl groups excluding tert-OH is 2. The average Bonchev–Trinajstić information content (AvgIpc) is 3.85. The highest BCUT2D eigenvalue weighted by atomic mass is 31.2. The Hall–Kier alpha value is -2.06. The quantitative estimate of drug-likeness (QED) is 0.185. The third kappa shape index (κ3) is 6.38. The van der Waals surface area contributed by atoms with E-state index in [9.17, 15) is 38.7 Å². The second kappa shape index (κ2) is 12.4. The topological polar surface area (TPSA) is 168 Å². The Labute approximate surface area is 235 Å². The van der Waals surface area contributed by atoms with Gasteiger partial charge in [0.1, 0.15) is 0 Å². The van der Waals surface area contributed by atoms with Gasteiger partial charge < -0.3 is 29.0 Å². The average molecular weight is 599 g/mol. The molecular formula is C28H40O10P2. The predicted octanol–water partition coefficient (Wildman–Crippen LogP) is 6.06. The summed E-state index contributed by atoms with van der Waals surface area (Å²) in [4.78, 5) is 48.0. The van der Waals surface area contributed by atoms with Crippen LogP contribution in [0.25, 0.3) is 0 Å². The minimum absolute atomic E-state index is 0.0533. The molecule has 2 unspecified atom stereocenters. The van der Waals surface area contributed by atoms with Gasteiger partial charge in [-0.2, -0.15) is 0 Å². The third-order valence-electron chi connectivity index (χ3n) is 8.13. The minimum Gasteiger partial charge on any atom is -0.395 e. The summed E-state index contributed by atoms with van der Waals surface area (Å²) < 4.78 is 36.9. The van der Waals surface area contributed by atoms with Gasteiger partial charge in [0, 0.05) is 10.8 Å². The molecule has 40 heavy (non-hydrogen) atoms. The van der Waals surface area contributed by atoms with Crippen molar-refractivity contribution in [2.75, 3.05) is 13.2 Å². The molecule has 2 fully saturated rings. The zero-order valence-electron chi connectivity index (χ0n) is 23.5. The second-order valence-electron chi connectivity index (χ2n) is 10.5. The third-order valence-corrected chi connectivity index (χ3v) is 11.5. The molecule has 2 aliphatic rings. The van der Waals surface area contributed by atoms with Gasteiger partial charge in [-0.05, 0) is 74.6 Å². The maximum Gasteiger partial charge on any atom is 0.406 e. The molecule has 222 valence electrons. The lowest BCUT2D eigenvalue weighted by molar-refractivity contribution is 0.0674. The van der Waals surface area contributed by atoms with Gasteiger partial charge in [0.25, 0.3) is 0 Å². The molecule has 0 saturated heterocycles. The molecule has 12 heteroatoms. The van der Waals surface area contributed by atoms with E-state index < -0.39 is 49.1 Å². The summed E-state index contributed by atoms with van der Waals surface area (Å²) in [6.45, 7) is 6.55. The van der Waals surface area contributed by atoms with E-state index in [1.165, 1.54) is 24.3 Å². The summed E-state index contributed by atoms with van der Waals surface area (Å²) in [5.41, 5.74) is -0.799. The van der Waals surface area contributed by atoms with Crippen molar-refractivity contribution in [3.63, 3.8) is 0 Å². The van der Waals surface area contributed by atoms with Gasteiger partial charge in [0.15, 0.2) is 0 Å². The Morgan fingerprint density at radius 2 is 1.02 bits per heavy atom. The first-order valence-electron chi connectivity index (χ1n) is 13.7. The fraction of sp³-hybridized carbons (Fsp3) is 0.571. The molecule has 3 rings (SSSR count). The highest BCUT2D eigenvalue weighted by Gasteiger charge is 2.49. The van der Waals surface area contributed by atoms with Crippen molar-refractivity contribution in [1.29, 1.82) is 0 Å². The van der Waals surface area contributed by atoms with Crippen LogP contribution in [-0.4, -0.2) is 45.2 Å². The van der Waals surface area contributed by atoms with Crippen LogP contribution in [0.15, 0.2) is 46.0 Å². The van der Waals surface area contributed by atoms with Crippen LogP contribution < -0.4 is 0 Å². The summed E-state index contributed by atoms with van der Waals surface area (Å²) >= 11 is 0. The van der Waals surface area contributed by atoms with E-state index in [1.807, 2.05) is 0 Å². The Morgan fingerprint density at radius 3 is 1.25 bits per heavy atom. The predicted molar refractivity (Wildman–Crippen MR) is 150 cm³/mol. The van der Waals surface area contributed by atoms with Crippen molar-refractivity contribution < 1.29 is 47.8 Å². The molecule has 0 heterocycles. The number of hydrogen-bond acceptors (Lipinski definition) is 8. The largest absolute Gasteiger partial charge is 0.406 e. The smallest absolute Gasteiger partial charge is 0.395 e. The fourth-order valence-electron chi connectivity index (χ4n) is 5.62. The SMILES string of the molecule is CCC(=C(CC)P(=O)(O)OC(=O)c1ccccc1C(=O)OP(=O)(O)C(CC)=C(CC)C1(CO)CC1)C1(CO)CC1. The molecule has 0 spiro atoms. The van der Waals surface area contributed by atoms with Gasteiger partial charge in [-0.1, -0.05) is 39.8 Å². The Kier molecular flexibility index (Phi) is 10.1. The van der Waals surface area contributed by atoms with Gasteiger partial charge in [0.05, 0.1) is 35.0 Å². The van der Waals surface area contributed by atoms with Crippen LogP contribution in [0, 0.1) is 10.8 Å². The molecule has 4 N–H and O–H groups in total. The highest BCUT2D eigenvalue weighted by Crippen LogP contribution is 2.63. The molecule has 0 aromatic heterocycles. The standard InChI is InChI=1S/C28H40O10P2/c1-5-21(27(17-29)13-14-27)23(7-3)39(33,34)37-25(31)19-11-9-10-12-20(19)26(32)38-40(35,36)24(8-4)22(6-2)28(18-30)15-16-28/h9-12,29-30H,5-8,13-18H2,1-4H3,(H,33,34)(H,35,36). The monoisotopic (exact) mass is 598 g/mol. The lowest BCUT2D eigenvalue weighted by Crippen LogP contribution is -2.16. The van der Waals surface area contributed by atoms with Gasteiger partial charge in [0.2, 0.25) is 0 Å². The van der Waals surface area contributed by atoms with Gasteiger partial charge in [-0.25, -0.2) is 18.7 Å². The number of benzene rings is 1. The molecule has 2 saturated carbocycles. The number of aliphatic hydroxyl groups is 2. The lowest BCUT2D eigenvalue weighted by Gasteiger charge is -2.24. The fourth-order valence-corrected chi connectivity index (χ4v) is 8.76. The number of allylic oxidation sites excluding steroid dienone is 2. The molecule has 0 bridgehead atoms. The molecule has 1 aromatic rings. The number of hydrogen-bond donors (Lipinski definition) is 4. The number of carbonyl (C=O) groups excluding carboxylic acids is 2. The van der Waals surface area contributed by atoms with Crippen LogP contribution in [0.5, 0.6) is 0 Å². The van der Waals surface area contributed by atoms with E-state index in [4.69, 9.17) is 9.05 Å². The minimum atomic E-state index is -4.68.